The van der Waals surface area contributed by atoms with Crippen LogP contribution in [-0.4, -0.2) is 87.3 Å². The SMILES string of the molecule is COC[C@H]1C[C@@H](c2ncc(-c3cc4c5c(c3)OCc3cc(-c6cnc([C@@H]7CCCN7C(=O)[C@H](NC(=O)OC)c7ccccc7)[nH]6)cc(c3-5)OC4)[nH]2)N(C(=O)OC(C)(C)C)C1. The molecular formula is C45H49N7O8. The first-order chi connectivity index (χ1) is 29.0. The van der Waals surface area contributed by atoms with Gasteiger partial charge in [0.25, 0.3) is 5.91 Å². The molecule has 4 atom stereocenters. The van der Waals surface area contributed by atoms with E-state index in [1.807, 2.05) is 63.2 Å². The molecule has 0 radical (unpaired) electrons. The molecular weight excluding hydrogens is 767 g/mol. The fourth-order valence-electron chi connectivity index (χ4n) is 8.95. The van der Waals surface area contributed by atoms with Crippen molar-refractivity contribution < 1.29 is 38.1 Å². The number of carbonyl (C=O) groups is 3. The molecule has 15 nitrogen and oxygen atoms in total. The fraction of sp³-hybridized carbons (Fsp3) is 0.400. The molecule has 0 saturated carbocycles. The van der Waals surface area contributed by atoms with E-state index < -0.39 is 17.7 Å². The molecule has 0 aliphatic carbocycles. The van der Waals surface area contributed by atoms with Crippen LogP contribution >= 0.6 is 0 Å². The summed E-state index contributed by atoms with van der Waals surface area (Å²) in [4.78, 5) is 59.6. The molecule has 3 aromatic carbocycles. The Balaban J connectivity index is 0.954. The smallest absolute Gasteiger partial charge is 0.410 e. The molecule has 5 aromatic rings. The molecule has 2 aromatic heterocycles. The van der Waals surface area contributed by atoms with Crippen molar-refractivity contribution >= 4 is 18.1 Å². The van der Waals surface area contributed by atoms with Crippen molar-refractivity contribution in [1.82, 2.24) is 35.1 Å². The average Bonchev–Trinajstić information content (AvgIpc) is 4.08. The van der Waals surface area contributed by atoms with E-state index in [0.29, 0.717) is 56.5 Å². The van der Waals surface area contributed by atoms with E-state index >= 15 is 0 Å². The van der Waals surface area contributed by atoms with Crippen LogP contribution < -0.4 is 14.8 Å². The molecule has 312 valence electrons. The number of carbonyl (C=O) groups excluding carboxylic acids is 3. The molecule has 4 aliphatic rings. The minimum atomic E-state index is -0.900. The number of rotatable bonds is 9. The van der Waals surface area contributed by atoms with Crippen molar-refractivity contribution in [2.75, 3.05) is 33.9 Å². The van der Waals surface area contributed by atoms with Crippen LogP contribution in [0, 0.1) is 5.92 Å². The van der Waals surface area contributed by atoms with E-state index in [4.69, 9.17) is 33.7 Å². The third-order valence-electron chi connectivity index (χ3n) is 11.6. The normalized spacial score (nSPS) is 19.6. The summed E-state index contributed by atoms with van der Waals surface area (Å²) in [5, 5.41) is 2.72. The quantitative estimate of drug-likeness (QED) is 0.134. The largest absolute Gasteiger partial charge is 0.488 e. The van der Waals surface area contributed by atoms with Gasteiger partial charge in [0.05, 0.1) is 49.6 Å². The molecule has 6 heterocycles. The lowest BCUT2D eigenvalue weighted by atomic mass is 9.87. The number of hydrogen-bond acceptors (Lipinski definition) is 10. The van der Waals surface area contributed by atoms with E-state index in [9.17, 15) is 14.4 Å². The lowest BCUT2D eigenvalue weighted by Gasteiger charge is -2.30. The zero-order chi connectivity index (χ0) is 41.7. The fourth-order valence-corrected chi connectivity index (χ4v) is 8.95. The van der Waals surface area contributed by atoms with Crippen LogP contribution in [-0.2, 0) is 32.2 Å². The van der Waals surface area contributed by atoms with Gasteiger partial charge in [-0.05, 0) is 69.9 Å². The summed E-state index contributed by atoms with van der Waals surface area (Å²) in [5.74, 6) is 2.83. The summed E-state index contributed by atoms with van der Waals surface area (Å²) in [6.07, 6.45) is 4.79. The van der Waals surface area contributed by atoms with Gasteiger partial charge in [-0.2, -0.15) is 0 Å². The number of likely N-dealkylation sites (tertiary alicyclic amines) is 2. The highest BCUT2D eigenvalue weighted by molar-refractivity contribution is 5.89. The zero-order valence-electron chi connectivity index (χ0n) is 34.4. The Morgan fingerprint density at radius 2 is 1.48 bits per heavy atom. The number of nitrogens with one attached hydrogen (secondary N) is 3. The maximum Gasteiger partial charge on any atom is 0.410 e. The van der Waals surface area contributed by atoms with Crippen LogP contribution in [0.15, 0.2) is 67.0 Å². The summed E-state index contributed by atoms with van der Waals surface area (Å²) in [6.45, 7) is 7.89. The van der Waals surface area contributed by atoms with Crippen LogP contribution in [0.4, 0.5) is 9.59 Å². The number of amides is 3. The molecule has 9 rings (SSSR count). The predicted octanol–water partition coefficient (Wildman–Crippen LogP) is 7.62. The molecule has 15 heteroatoms. The van der Waals surface area contributed by atoms with Gasteiger partial charge in [0.15, 0.2) is 0 Å². The molecule has 0 spiro atoms. The van der Waals surface area contributed by atoms with Gasteiger partial charge in [0, 0.05) is 59.5 Å². The third-order valence-corrected chi connectivity index (χ3v) is 11.6. The number of ether oxygens (including phenoxy) is 5. The van der Waals surface area contributed by atoms with Gasteiger partial charge in [-0.15, -0.1) is 0 Å². The van der Waals surface area contributed by atoms with E-state index in [2.05, 4.69) is 27.4 Å². The summed E-state index contributed by atoms with van der Waals surface area (Å²) < 4.78 is 29.0. The highest BCUT2D eigenvalue weighted by atomic mass is 16.6. The first-order valence-corrected chi connectivity index (χ1v) is 20.4. The number of benzene rings is 3. The van der Waals surface area contributed by atoms with Gasteiger partial charge in [0.1, 0.15) is 48.0 Å². The maximum absolute atomic E-state index is 14.0. The van der Waals surface area contributed by atoms with Crippen molar-refractivity contribution in [2.45, 2.75) is 77.0 Å². The highest BCUT2D eigenvalue weighted by Crippen LogP contribution is 2.51. The average molecular weight is 816 g/mol. The van der Waals surface area contributed by atoms with Crippen molar-refractivity contribution in [3.05, 3.63) is 95.3 Å². The number of alkyl carbamates (subject to hydrolysis) is 1. The monoisotopic (exact) mass is 815 g/mol. The van der Waals surface area contributed by atoms with Gasteiger partial charge in [0.2, 0.25) is 0 Å². The van der Waals surface area contributed by atoms with Crippen molar-refractivity contribution in [2.24, 2.45) is 5.92 Å². The molecule has 3 N–H and O–H groups in total. The Morgan fingerprint density at radius 1 is 0.867 bits per heavy atom. The lowest BCUT2D eigenvalue weighted by Crippen LogP contribution is -2.42. The summed E-state index contributed by atoms with van der Waals surface area (Å²) >= 11 is 0. The Morgan fingerprint density at radius 3 is 2.07 bits per heavy atom. The molecule has 0 unspecified atom stereocenters. The molecule has 60 heavy (non-hydrogen) atoms. The van der Waals surface area contributed by atoms with E-state index in [1.54, 1.807) is 29.3 Å². The number of nitrogens with zero attached hydrogens (tertiary/aromatic N) is 4. The molecule has 4 aliphatic heterocycles. The maximum atomic E-state index is 14.0. The molecule has 2 saturated heterocycles. The Bertz CT molecular complexity index is 2390. The van der Waals surface area contributed by atoms with E-state index in [-0.39, 0.29) is 30.0 Å². The zero-order valence-corrected chi connectivity index (χ0v) is 34.4. The second-order valence-corrected chi connectivity index (χ2v) is 16.8. The van der Waals surface area contributed by atoms with Gasteiger partial charge in [-0.3, -0.25) is 9.69 Å². The van der Waals surface area contributed by atoms with Crippen LogP contribution in [0.25, 0.3) is 33.6 Å². The predicted molar refractivity (Wildman–Crippen MR) is 220 cm³/mol. The van der Waals surface area contributed by atoms with E-state index in [0.717, 1.165) is 69.1 Å². The van der Waals surface area contributed by atoms with E-state index in [1.165, 1.54) is 7.11 Å². The second-order valence-electron chi connectivity index (χ2n) is 16.8. The number of aromatic nitrogens is 4. The van der Waals surface area contributed by atoms with Crippen LogP contribution in [0.3, 0.4) is 0 Å². The highest BCUT2D eigenvalue weighted by Gasteiger charge is 2.41. The number of hydrogen-bond donors (Lipinski definition) is 3. The Kier molecular flexibility index (Phi) is 10.2. The van der Waals surface area contributed by atoms with Crippen molar-refractivity contribution in [3.63, 3.8) is 0 Å². The second kappa shape index (κ2) is 15.7. The molecule has 2 fully saturated rings. The number of imidazole rings is 2. The minimum Gasteiger partial charge on any atom is -0.488 e. The first-order valence-electron chi connectivity index (χ1n) is 20.4. The third kappa shape index (κ3) is 7.42. The van der Waals surface area contributed by atoms with Crippen LogP contribution in [0.1, 0.15) is 86.5 Å². The molecule has 0 bridgehead atoms. The van der Waals surface area contributed by atoms with Gasteiger partial charge >= 0.3 is 12.2 Å². The van der Waals surface area contributed by atoms with Gasteiger partial charge < -0.3 is 43.9 Å². The van der Waals surface area contributed by atoms with Crippen LogP contribution in [0.2, 0.25) is 0 Å². The topological polar surface area (TPSA) is 173 Å². The van der Waals surface area contributed by atoms with Crippen LogP contribution in [0.5, 0.6) is 11.5 Å². The minimum absolute atomic E-state index is 0.162. The molecule has 3 amide bonds. The number of H-pyrrole nitrogens is 2. The first kappa shape index (κ1) is 39.1. The Hall–Kier alpha value is -6.35. The number of aromatic amines is 2. The number of methoxy groups -OCH3 is 2. The van der Waals surface area contributed by atoms with Crippen molar-refractivity contribution in [1.29, 1.82) is 0 Å². The summed E-state index contributed by atoms with van der Waals surface area (Å²) in [7, 11) is 2.95. The van der Waals surface area contributed by atoms with Crippen molar-refractivity contribution in [3.8, 4) is 45.1 Å². The van der Waals surface area contributed by atoms with Gasteiger partial charge in [-0.25, -0.2) is 19.6 Å². The lowest BCUT2D eigenvalue weighted by molar-refractivity contribution is -0.134. The summed E-state index contributed by atoms with van der Waals surface area (Å²) in [6, 6.07) is 16.0. The van der Waals surface area contributed by atoms with Gasteiger partial charge in [-0.1, -0.05) is 30.3 Å². The Labute approximate surface area is 347 Å². The summed E-state index contributed by atoms with van der Waals surface area (Å²) in [5.41, 5.74) is 7.48. The standard InChI is InChI=1S/C45H49N7O8/c1-45(2,3)60-44(55)52-21-25(22-56-4)14-34(52)41-47-20-32(49-41)28-16-30-24-58-35-17-27(15-29-23-59-36(18-28)38(30)37(29)35)31-19-46-40(48-31)33-12-9-13-51(33)42(53)39(50-43(54)57-5)26-10-7-6-8-11-26/h6-8,10-11,15-20,25,33-34,39H,9,12-14,21-24H2,1-5H3,(H,46,48)(H,47,49)(H,50,54)/t25-,33-,34-,39+/m0/s1.